The molecule has 0 radical (unpaired) electrons. The van der Waals surface area contributed by atoms with E-state index in [2.05, 4.69) is 11.2 Å². The van der Waals surface area contributed by atoms with E-state index in [1.165, 1.54) is 4.90 Å². The van der Waals surface area contributed by atoms with Crippen LogP contribution in [0.25, 0.3) is 11.3 Å². The van der Waals surface area contributed by atoms with Crippen LogP contribution in [0.15, 0.2) is 33.7 Å². The monoisotopic (exact) mass is 286 g/mol. The maximum atomic E-state index is 12.5. The lowest BCUT2D eigenvalue weighted by Crippen LogP contribution is -2.28. The number of carbonyl (C=O) groups excluding carboxylic acids is 1. The number of aromatic nitrogens is 1. The molecule has 0 N–H and O–H groups in total. The van der Waals surface area contributed by atoms with Crippen molar-refractivity contribution in [3.8, 4) is 11.3 Å². The van der Waals surface area contributed by atoms with Crippen LogP contribution in [0.5, 0.6) is 0 Å². The van der Waals surface area contributed by atoms with Crippen molar-refractivity contribution in [2.75, 3.05) is 13.1 Å². The van der Waals surface area contributed by atoms with Gasteiger partial charge in [0.05, 0.1) is 0 Å². The predicted molar refractivity (Wildman–Crippen MR) is 76.6 cm³/mol. The van der Waals surface area contributed by atoms with Gasteiger partial charge in [0.15, 0.2) is 11.5 Å². The summed E-state index contributed by atoms with van der Waals surface area (Å²) in [4.78, 5) is 15.6. The number of rotatable bonds is 1. The maximum absolute atomic E-state index is 12.5. The molecule has 2 aliphatic heterocycles. The van der Waals surface area contributed by atoms with Gasteiger partial charge in [-0.3, -0.25) is 4.79 Å². The van der Waals surface area contributed by atoms with Crippen LogP contribution in [0.3, 0.4) is 0 Å². The van der Waals surface area contributed by atoms with Gasteiger partial charge in [-0.1, -0.05) is 17.3 Å². The van der Waals surface area contributed by atoms with Crippen molar-refractivity contribution in [1.29, 1.82) is 0 Å². The minimum atomic E-state index is 0.0208. The van der Waals surface area contributed by atoms with E-state index in [4.69, 9.17) is 4.52 Å². The molecule has 4 nitrogen and oxygen atoms in total. The molecular weight excluding hydrogens is 272 g/mol. The van der Waals surface area contributed by atoms with Crippen molar-refractivity contribution in [2.45, 2.75) is 23.5 Å². The average molecular weight is 286 g/mol. The molecule has 3 heterocycles. The molecule has 1 aromatic heterocycles. The largest absolute Gasteiger partial charge is 0.355 e. The van der Waals surface area contributed by atoms with E-state index in [0.717, 1.165) is 48.6 Å². The normalized spacial score (nSPS) is 16.9. The Hall–Kier alpha value is -1.75. The summed E-state index contributed by atoms with van der Waals surface area (Å²) in [5, 5.41) is 4.06. The van der Waals surface area contributed by atoms with E-state index in [1.807, 2.05) is 23.1 Å². The molecule has 4 rings (SSSR count). The molecule has 5 heteroatoms. The van der Waals surface area contributed by atoms with E-state index < -0.39 is 0 Å². The lowest BCUT2D eigenvalue weighted by molar-refractivity contribution is 0.0782. The van der Waals surface area contributed by atoms with Gasteiger partial charge in [-0.2, -0.15) is 0 Å². The van der Waals surface area contributed by atoms with Crippen LogP contribution in [0, 0.1) is 0 Å². The predicted octanol–water partition coefficient (Wildman–Crippen LogP) is 3.18. The smallest absolute Gasteiger partial charge is 0.276 e. The van der Waals surface area contributed by atoms with Gasteiger partial charge < -0.3 is 9.42 Å². The molecule has 1 aromatic carbocycles. The molecule has 102 valence electrons. The lowest BCUT2D eigenvalue weighted by Gasteiger charge is -2.16. The van der Waals surface area contributed by atoms with Gasteiger partial charge in [-0.05, 0) is 25.0 Å². The minimum Gasteiger partial charge on any atom is -0.355 e. The topological polar surface area (TPSA) is 46.3 Å². The summed E-state index contributed by atoms with van der Waals surface area (Å²) in [6.45, 7) is 1.67. The van der Waals surface area contributed by atoms with Crippen molar-refractivity contribution in [2.24, 2.45) is 0 Å². The zero-order valence-electron chi connectivity index (χ0n) is 11.0. The van der Waals surface area contributed by atoms with E-state index in [1.54, 1.807) is 11.8 Å². The summed E-state index contributed by atoms with van der Waals surface area (Å²) < 4.78 is 5.48. The Morgan fingerprint density at radius 2 is 2.05 bits per heavy atom. The first-order chi connectivity index (χ1) is 9.84. The number of hydrogen-bond acceptors (Lipinski definition) is 4. The third-order valence-corrected chi connectivity index (χ3v) is 4.99. The Balaban J connectivity index is 1.75. The van der Waals surface area contributed by atoms with Crippen LogP contribution in [0.4, 0.5) is 0 Å². The van der Waals surface area contributed by atoms with Crippen LogP contribution < -0.4 is 0 Å². The molecule has 0 spiro atoms. The third-order valence-electron chi connectivity index (χ3n) is 3.89. The van der Waals surface area contributed by atoms with Gasteiger partial charge in [-0.25, -0.2) is 0 Å². The number of thioether (sulfide) groups is 1. The summed E-state index contributed by atoms with van der Waals surface area (Å²) in [6.07, 6.45) is 2.17. The summed E-state index contributed by atoms with van der Waals surface area (Å²) in [6, 6.07) is 8.10. The molecule has 1 amide bonds. The van der Waals surface area contributed by atoms with Crippen molar-refractivity contribution in [3.63, 3.8) is 0 Å². The fourth-order valence-electron chi connectivity index (χ4n) is 2.82. The standard InChI is InChI=1S/C15H14N2O2S/c18-15(17-7-3-4-8-17)13-11-9-20-12-6-2-1-5-10(12)14(11)19-16-13/h1-2,5-6H,3-4,7-9H2. The van der Waals surface area contributed by atoms with Gasteiger partial charge >= 0.3 is 0 Å². The maximum Gasteiger partial charge on any atom is 0.276 e. The highest BCUT2D eigenvalue weighted by molar-refractivity contribution is 7.98. The summed E-state index contributed by atoms with van der Waals surface area (Å²) in [7, 11) is 0. The number of benzene rings is 1. The molecule has 0 atom stereocenters. The Bertz CT molecular complexity index is 674. The third kappa shape index (κ3) is 1.77. The molecule has 2 aliphatic rings. The first-order valence-corrected chi connectivity index (χ1v) is 7.83. The molecule has 0 bridgehead atoms. The Labute approximate surface area is 121 Å². The molecule has 1 saturated heterocycles. The molecule has 2 aromatic rings. The first kappa shape index (κ1) is 12.0. The highest BCUT2D eigenvalue weighted by Gasteiger charge is 2.30. The Kier molecular flexibility index (Phi) is 2.80. The van der Waals surface area contributed by atoms with Gasteiger partial charge in [0, 0.05) is 34.9 Å². The minimum absolute atomic E-state index is 0.0208. The van der Waals surface area contributed by atoms with Crippen LogP contribution in [0.1, 0.15) is 28.9 Å². The highest BCUT2D eigenvalue weighted by atomic mass is 32.2. The Morgan fingerprint density at radius 3 is 2.90 bits per heavy atom. The van der Waals surface area contributed by atoms with Crippen LogP contribution in [-0.4, -0.2) is 29.1 Å². The van der Waals surface area contributed by atoms with Gasteiger partial charge in [-0.15, -0.1) is 11.8 Å². The molecule has 0 unspecified atom stereocenters. The fraction of sp³-hybridized carbons (Fsp3) is 0.333. The van der Waals surface area contributed by atoms with Crippen molar-refractivity contribution >= 4 is 17.7 Å². The first-order valence-electron chi connectivity index (χ1n) is 6.84. The van der Waals surface area contributed by atoms with Crippen LogP contribution in [0.2, 0.25) is 0 Å². The molecule has 0 aliphatic carbocycles. The second kappa shape index (κ2) is 4.66. The quantitative estimate of drug-likeness (QED) is 0.807. The molecule has 20 heavy (non-hydrogen) atoms. The number of carbonyl (C=O) groups is 1. The van der Waals surface area contributed by atoms with E-state index in [0.29, 0.717) is 5.69 Å². The summed E-state index contributed by atoms with van der Waals surface area (Å²) in [5.41, 5.74) is 2.50. The van der Waals surface area contributed by atoms with Crippen molar-refractivity contribution in [1.82, 2.24) is 10.1 Å². The molecule has 0 saturated carbocycles. The Morgan fingerprint density at radius 1 is 1.25 bits per heavy atom. The second-order valence-electron chi connectivity index (χ2n) is 5.12. The second-order valence-corrected chi connectivity index (χ2v) is 6.14. The van der Waals surface area contributed by atoms with Gasteiger partial charge in [0.2, 0.25) is 0 Å². The lowest BCUT2D eigenvalue weighted by atomic mass is 10.1. The SMILES string of the molecule is O=C(c1noc2c1CSc1ccccc1-2)N1CCCC1. The number of amides is 1. The number of fused-ring (bicyclic) bond motifs is 3. The van der Waals surface area contributed by atoms with Gasteiger partial charge in [0.1, 0.15) is 0 Å². The van der Waals surface area contributed by atoms with Crippen molar-refractivity contribution in [3.05, 3.63) is 35.5 Å². The summed E-state index contributed by atoms with van der Waals surface area (Å²) in [5.74, 6) is 1.54. The van der Waals surface area contributed by atoms with Gasteiger partial charge in [0.25, 0.3) is 5.91 Å². The van der Waals surface area contributed by atoms with Crippen LogP contribution in [-0.2, 0) is 5.75 Å². The number of likely N-dealkylation sites (tertiary alicyclic amines) is 1. The molecule has 1 fully saturated rings. The van der Waals surface area contributed by atoms with E-state index in [9.17, 15) is 4.79 Å². The highest BCUT2D eigenvalue weighted by Crippen LogP contribution is 2.42. The zero-order chi connectivity index (χ0) is 13.5. The average Bonchev–Trinajstić information content (AvgIpc) is 3.16. The van der Waals surface area contributed by atoms with E-state index in [-0.39, 0.29) is 5.91 Å². The van der Waals surface area contributed by atoms with Crippen molar-refractivity contribution < 1.29 is 9.32 Å². The number of nitrogens with zero attached hydrogens (tertiary/aromatic N) is 2. The number of hydrogen-bond donors (Lipinski definition) is 0. The fourth-order valence-corrected chi connectivity index (χ4v) is 3.88. The molecular formula is C15H14N2O2S. The zero-order valence-corrected chi connectivity index (χ0v) is 11.8. The van der Waals surface area contributed by atoms with E-state index >= 15 is 0 Å². The van der Waals surface area contributed by atoms with Crippen LogP contribution >= 0.6 is 11.8 Å². The summed E-state index contributed by atoms with van der Waals surface area (Å²) >= 11 is 1.74.